The van der Waals surface area contributed by atoms with Gasteiger partial charge in [-0.2, -0.15) is 0 Å². The zero-order chi connectivity index (χ0) is 30.1. The van der Waals surface area contributed by atoms with Gasteiger partial charge in [-0.25, -0.2) is 0 Å². The van der Waals surface area contributed by atoms with Crippen LogP contribution in [0.1, 0.15) is 28.7 Å². The van der Waals surface area contributed by atoms with Gasteiger partial charge in [0.05, 0.1) is 38.4 Å². The number of ether oxygens (including phenoxy) is 6. The second-order valence-electron chi connectivity index (χ2n) is 11.8. The first kappa shape index (κ1) is 28.3. The van der Waals surface area contributed by atoms with Crippen molar-refractivity contribution in [2.24, 2.45) is 0 Å². The summed E-state index contributed by atoms with van der Waals surface area (Å²) < 4.78 is 34.0. The third-order valence-corrected chi connectivity index (χ3v) is 9.00. The van der Waals surface area contributed by atoms with E-state index >= 15 is 0 Å². The topological polar surface area (TPSA) is 58.7 Å². The largest absolute Gasteiger partial charge is 0.491 e. The van der Waals surface area contributed by atoms with Crippen molar-refractivity contribution in [3.63, 3.8) is 0 Å². The summed E-state index contributed by atoms with van der Waals surface area (Å²) >= 11 is 0. The molecule has 2 fully saturated rings. The van der Waals surface area contributed by atoms with Gasteiger partial charge in [0.1, 0.15) is 30.8 Å². The van der Waals surface area contributed by atoms with Crippen LogP contribution >= 0.6 is 0 Å². The van der Waals surface area contributed by atoms with Crippen molar-refractivity contribution in [3.8, 4) is 22.6 Å². The van der Waals surface area contributed by atoms with E-state index in [2.05, 4.69) is 109 Å². The van der Waals surface area contributed by atoms with Crippen molar-refractivity contribution >= 4 is 10.8 Å². The molecule has 5 aromatic carbocycles. The van der Waals surface area contributed by atoms with Gasteiger partial charge in [0.15, 0.2) is 6.29 Å². The summed E-state index contributed by atoms with van der Waals surface area (Å²) in [6.07, 6.45) is 1.13. The van der Waals surface area contributed by atoms with E-state index in [1.807, 2.05) is 0 Å². The number of benzene rings is 5. The molecule has 2 heterocycles. The van der Waals surface area contributed by atoms with Gasteiger partial charge in [0.2, 0.25) is 0 Å². The Kier molecular flexibility index (Phi) is 7.73. The molecule has 3 aliphatic rings. The summed E-state index contributed by atoms with van der Waals surface area (Å²) in [6.45, 7) is 4.21. The Balaban J connectivity index is 1.15. The zero-order valence-electron chi connectivity index (χ0n) is 25.2. The van der Waals surface area contributed by atoms with E-state index in [0.717, 1.165) is 31.1 Å². The van der Waals surface area contributed by atoms with Gasteiger partial charge in [0, 0.05) is 6.42 Å². The molecule has 3 atom stereocenters. The third kappa shape index (κ3) is 5.49. The minimum atomic E-state index is -0.523. The Morgan fingerprint density at radius 3 is 1.89 bits per heavy atom. The normalized spacial score (nSPS) is 21.2. The van der Waals surface area contributed by atoms with Gasteiger partial charge in [-0.05, 0) is 80.6 Å². The van der Waals surface area contributed by atoms with Crippen LogP contribution in [-0.2, 0) is 24.4 Å². The molecule has 1 aliphatic carbocycles. The maximum Gasteiger partial charge on any atom is 0.159 e. The van der Waals surface area contributed by atoms with Crippen LogP contribution in [-0.4, -0.2) is 58.6 Å². The molecule has 45 heavy (non-hydrogen) atoms. The lowest BCUT2D eigenvalue weighted by molar-refractivity contribution is -0.216. The first-order valence-corrected chi connectivity index (χ1v) is 15.8. The second kappa shape index (κ2) is 12.3. The van der Waals surface area contributed by atoms with Crippen LogP contribution in [0.3, 0.4) is 0 Å². The molecule has 0 spiro atoms. The number of epoxide rings is 1. The maximum absolute atomic E-state index is 6.05. The van der Waals surface area contributed by atoms with E-state index in [1.165, 1.54) is 44.2 Å². The first-order valence-electron chi connectivity index (χ1n) is 15.8. The van der Waals surface area contributed by atoms with Crippen LogP contribution in [0.5, 0.6) is 11.5 Å². The maximum atomic E-state index is 6.05. The fourth-order valence-electron chi connectivity index (χ4n) is 6.64. The highest BCUT2D eigenvalue weighted by Crippen LogP contribution is 2.57. The van der Waals surface area contributed by atoms with Gasteiger partial charge in [-0.1, -0.05) is 72.8 Å². The highest BCUT2D eigenvalue weighted by Gasteiger charge is 2.46. The smallest absolute Gasteiger partial charge is 0.159 e. The summed E-state index contributed by atoms with van der Waals surface area (Å²) in [5.74, 6) is 1.64. The highest BCUT2D eigenvalue weighted by molar-refractivity contribution is 5.95. The van der Waals surface area contributed by atoms with E-state index in [9.17, 15) is 0 Å². The minimum absolute atomic E-state index is 0.0815. The van der Waals surface area contributed by atoms with Gasteiger partial charge in [0.25, 0.3) is 0 Å². The van der Waals surface area contributed by atoms with E-state index in [-0.39, 0.29) is 12.4 Å². The minimum Gasteiger partial charge on any atom is -0.491 e. The summed E-state index contributed by atoms with van der Waals surface area (Å²) in [4.78, 5) is 0. The monoisotopic (exact) mass is 600 g/mol. The SMILES string of the molecule is c1ccc2c(c1)-c1cc3ccccc3cc1C2(c1ccc(OCCOCC2CO2)cc1)c1ccc(OCCOC2CCO2)cc1. The number of rotatable bonds is 13. The molecule has 0 amide bonds. The van der Waals surface area contributed by atoms with Crippen molar-refractivity contribution in [2.75, 3.05) is 46.2 Å². The molecule has 6 nitrogen and oxygen atoms in total. The molecule has 0 N–H and O–H groups in total. The van der Waals surface area contributed by atoms with E-state index in [4.69, 9.17) is 28.4 Å². The fourth-order valence-corrected chi connectivity index (χ4v) is 6.64. The second-order valence-corrected chi connectivity index (χ2v) is 11.8. The lowest BCUT2D eigenvalue weighted by Crippen LogP contribution is -2.31. The molecule has 3 unspecified atom stereocenters. The highest BCUT2D eigenvalue weighted by atomic mass is 16.7. The first-order chi connectivity index (χ1) is 22.3. The Morgan fingerprint density at radius 1 is 0.622 bits per heavy atom. The lowest BCUT2D eigenvalue weighted by atomic mass is 9.67. The summed E-state index contributed by atoms with van der Waals surface area (Å²) in [5.41, 5.74) is 6.89. The van der Waals surface area contributed by atoms with Crippen molar-refractivity contribution in [1.29, 1.82) is 0 Å². The van der Waals surface area contributed by atoms with Crippen molar-refractivity contribution in [3.05, 3.63) is 131 Å². The Labute approximate surface area is 263 Å². The molecule has 0 radical (unpaired) electrons. The molecule has 228 valence electrons. The van der Waals surface area contributed by atoms with Crippen LogP contribution in [0.4, 0.5) is 0 Å². The molecule has 0 bridgehead atoms. The quantitative estimate of drug-likeness (QED) is 0.104. The fraction of sp³-hybridized carbons (Fsp3) is 0.282. The molecule has 8 rings (SSSR count). The predicted octanol–water partition coefficient (Wildman–Crippen LogP) is 7.14. The van der Waals surface area contributed by atoms with E-state index in [0.29, 0.717) is 33.0 Å². The van der Waals surface area contributed by atoms with Gasteiger partial charge in [-0.3, -0.25) is 0 Å². The zero-order valence-corrected chi connectivity index (χ0v) is 25.2. The van der Waals surface area contributed by atoms with Crippen LogP contribution in [0, 0.1) is 0 Å². The summed E-state index contributed by atoms with van der Waals surface area (Å²) in [6, 6.07) is 39.3. The standard InChI is InChI=1S/C39H36O6/c1-2-6-28-24-37-35(23-27(28)5-1)34-7-3-4-8-36(34)39(37,29-9-13-31(14-10-29)41-20-19-40-25-33-26-45-33)30-11-15-32(16-12-30)42-21-22-44-38-17-18-43-38/h1-16,23-24,33,38H,17-22,25-26H2. The van der Waals surface area contributed by atoms with Crippen molar-refractivity contribution < 1.29 is 28.4 Å². The number of hydrogen-bond donors (Lipinski definition) is 0. The molecule has 2 saturated heterocycles. The average molecular weight is 601 g/mol. The van der Waals surface area contributed by atoms with Gasteiger partial charge in [-0.15, -0.1) is 0 Å². The Morgan fingerprint density at radius 2 is 1.24 bits per heavy atom. The molecule has 0 aromatic heterocycles. The van der Waals surface area contributed by atoms with Crippen LogP contribution in [0.25, 0.3) is 21.9 Å². The van der Waals surface area contributed by atoms with Gasteiger partial charge >= 0.3 is 0 Å². The van der Waals surface area contributed by atoms with E-state index < -0.39 is 5.41 Å². The van der Waals surface area contributed by atoms with Crippen LogP contribution in [0.15, 0.2) is 109 Å². The average Bonchev–Trinajstić information content (AvgIpc) is 3.85. The molecule has 0 saturated carbocycles. The van der Waals surface area contributed by atoms with Gasteiger partial charge < -0.3 is 28.4 Å². The molecule has 6 heteroatoms. The number of hydrogen-bond acceptors (Lipinski definition) is 6. The van der Waals surface area contributed by atoms with Crippen molar-refractivity contribution in [2.45, 2.75) is 24.2 Å². The molecular weight excluding hydrogens is 564 g/mol. The Hall–Kier alpha value is -4.20. The van der Waals surface area contributed by atoms with Crippen LogP contribution in [0.2, 0.25) is 0 Å². The summed E-state index contributed by atoms with van der Waals surface area (Å²) in [7, 11) is 0. The molecule has 5 aromatic rings. The molecule has 2 aliphatic heterocycles. The Bertz CT molecular complexity index is 1770. The van der Waals surface area contributed by atoms with Crippen molar-refractivity contribution in [1.82, 2.24) is 0 Å². The predicted molar refractivity (Wildman–Crippen MR) is 173 cm³/mol. The number of fused-ring (bicyclic) bond motifs is 4. The summed E-state index contributed by atoms with van der Waals surface area (Å²) in [5, 5.41) is 2.46. The lowest BCUT2D eigenvalue weighted by Gasteiger charge is -2.34. The molecular formula is C39H36O6. The van der Waals surface area contributed by atoms with Crippen LogP contribution < -0.4 is 9.47 Å². The third-order valence-electron chi connectivity index (χ3n) is 9.00. The van der Waals surface area contributed by atoms with E-state index in [1.54, 1.807) is 0 Å².